The molecular formula is C26H34BrN5O2. The molecule has 0 radical (unpaired) electrons. The Labute approximate surface area is 209 Å². The second kappa shape index (κ2) is 10.1. The predicted molar refractivity (Wildman–Crippen MR) is 140 cm³/mol. The molecule has 182 valence electrons. The van der Waals surface area contributed by atoms with E-state index in [2.05, 4.69) is 60.5 Å². The van der Waals surface area contributed by atoms with Crippen molar-refractivity contribution in [3.63, 3.8) is 0 Å². The van der Waals surface area contributed by atoms with Crippen molar-refractivity contribution in [2.45, 2.75) is 47.2 Å². The average Bonchev–Trinajstić information content (AvgIpc) is 3.17. The number of nitrogens with one attached hydrogen (secondary N) is 2. The number of rotatable bonds is 6. The molecule has 1 fully saturated rings. The number of pyridine rings is 2. The first-order chi connectivity index (χ1) is 16.2. The van der Waals surface area contributed by atoms with Gasteiger partial charge in [-0.3, -0.25) is 14.5 Å². The van der Waals surface area contributed by atoms with Crippen molar-refractivity contribution in [2.75, 3.05) is 32.7 Å². The summed E-state index contributed by atoms with van der Waals surface area (Å²) < 4.78 is 3.18. The monoisotopic (exact) mass is 527 g/mol. The highest BCUT2D eigenvalue weighted by atomic mass is 79.9. The minimum absolute atomic E-state index is 0.152. The molecule has 34 heavy (non-hydrogen) atoms. The van der Waals surface area contributed by atoms with Gasteiger partial charge in [0.2, 0.25) is 0 Å². The van der Waals surface area contributed by atoms with Crippen LogP contribution in [0.4, 0.5) is 0 Å². The van der Waals surface area contributed by atoms with Gasteiger partial charge in [0.15, 0.2) is 0 Å². The van der Waals surface area contributed by atoms with E-state index < -0.39 is 0 Å². The third kappa shape index (κ3) is 4.85. The zero-order valence-corrected chi connectivity index (χ0v) is 22.3. The van der Waals surface area contributed by atoms with Crippen molar-refractivity contribution in [3.05, 3.63) is 72.9 Å². The molecule has 1 amide bonds. The lowest BCUT2D eigenvalue weighted by Gasteiger charge is -2.38. The number of carbonyl (C=O) groups excluding carboxylic acids is 1. The molecule has 4 rings (SSSR count). The lowest BCUT2D eigenvalue weighted by Crippen LogP contribution is -2.47. The molecule has 1 aliphatic rings. The first-order valence-electron chi connectivity index (χ1n) is 11.9. The number of likely N-dealkylation sites (N-methyl/N-ethyl adjacent to an activating group) is 1. The van der Waals surface area contributed by atoms with E-state index in [1.807, 2.05) is 39.0 Å². The highest BCUT2D eigenvalue weighted by Gasteiger charge is 2.26. The third-order valence-corrected chi connectivity index (χ3v) is 7.55. The van der Waals surface area contributed by atoms with Crippen molar-refractivity contribution >= 4 is 27.4 Å². The molecule has 3 aromatic heterocycles. The third-order valence-electron chi connectivity index (χ3n) is 7.12. The highest BCUT2D eigenvalue weighted by molar-refractivity contribution is 9.10. The molecule has 0 bridgehead atoms. The van der Waals surface area contributed by atoms with Gasteiger partial charge in [0.25, 0.3) is 11.5 Å². The van der Waals surface area contributed by atoms with Crippen LogP contribution >= 0.6 is 15.9 Å². The Balaban J connectivity index is 1.65. The largest absolute Gasteiger partial charge is 0.348 e. The van der Waals surface area contributed by atoms with Gasteiger partial charge in [0.05, 0.1) is 0 Å². The molecule has 1 unspecified atom stereocenters. The molecule has 7 nitrogen and oxygen atoms in total. The lowest BCUT2D eigenvalue weighted by atomic mass is 10.00. The Morgan fingerprint density at radius 2 is 1.85 bits per heavy atom. The van der Waals surface area contributed by atoms with E-state index in [9.17, 15) is 9.59 Å². The zero-order valence-electron chi connectivity index (χ0n) is 20.7. The average molecular weight is 528 g/mol. The molecule has 3 aromatic rings. The fraction of sp³-hybridized carbons (Fsp3) is 0.462. The van der Waals surface area contributed by atoms with Gasteiger partial charge in [-0.15, -0.1) is 0 Å². The number of aromatic nitrogens is 2. The van der Waals surface area contributed by atoms with Gasteiger partial charge in [-0.1, -0.05) is 6.92 Å². The summed E-state index contributed by atoms with van der Waals surface area (Å²) in [6, 6.07) is 6.07. The fourth-order valence-electron chi connectivity index (χ4n) is 5.10. The van der Waals surface area contributed by atoms with Gasteiger partial charge in [-0.05, 0) is 79.5 Å². The topological polar surface area (TPSA) is 72.8 Å². The summed E-state index contributed by atoms with van der Waals surface area (Å²) in [4.78, 5) is 33.5. The van der Waals surface area contributed by atoms with E-state index in [4.69, 9.17) is 0 Å². The zero-order chi connectivity index (χ0) is 24.6. The number of fused-ring (bicyclic) bond motifs is 1. The molecule has 0 spiro atoms. The maximum absolute atomic E-state index is 13.3. The van der Waals surface area contributed by atoms with Crippen LogP contribution in [0, 0.1) is 20.8 Å². The minimum atomic E-state index is -0.166. The van der Waals surface area contributed by atoms with E-state index >= 15 is 0 Å². The second-order valence-corrected chi connectivity index (χ2v) is 10.2. The van der Waals surface area contributed by atoms with E-state index in [-0.39, 0.29) is 24.1 Å². The Hall–Kier alpha value is -2.42. The number of aromatic amines is 1. The number of piperazine rings is 1. The SMILES string of the molecule is CCN1CCN(C(C)c2c(C)c(C(=O)NCc3c(C)cc(C)[nH]c3=O)cc3cc(Br)cn23)CC1. The first-order valence-corrected chi connectivity index (χ1v) is 12.7. The number of H-pyrrole nitrogens is 1. The van der Waals surface area contributed by atoms with Crippen molar-refractivity contribution in [2.24, 2.45) is 0 Å². The van der Waals surface area contributed by atoms with Crippen LogP contribution in [-0.2, 0) is 6.54 Å². The van der Waals surface area contributed by atoms with Crippen molar-refractivity contribution in [1.82, 2.24) is 24.5 Å². The number of amides is 1. The molecular weight excluding hydrogens is 494 g/mol. The smallest absolute Gasteiger partial charge is 0.253 e. The van der Waals surface area contributed by atoms with Gasteiger partial charge in [0, 0.05) is 77.5 Å². The number of hydrogen-bond donors (Lipinski definition) is 2. The van der Waals surface area contributed by atoms with Crippen molar-refractivity contribution in [1.29, 1.82) is 0 Å². The van der Waals surface area contributed by atoms with Gasteiger partial charge in [-0.25, -0.2) is 0 Å². The summed E-state index contributed by atoms with van der Waals surface area (Å²) in [5, 5.41) is 2.99. The van der Waals surface area contributed by atoms with Crippen molar-refractivity contribution in [3.8, 4) is 0 Å². The normalized spacial score (nSPS) is 16.2. The van der Waals surface area contributed by atoms with Gasteiger partial charge in [-0.2, -0.15) is 0 Å². The van der Waals surface area contributed by atoms with Crippen LogP contribution in [0.5, 0.6) is 0 Å². The Bertz CT molecular complexity index is 1270. The quantitative estimate of drug-likeness (QED) is 0.509. The van der Waals surface area contributed by atoms with Crippen molar-refractivity contribution < 1.29 is 4.79 Å². The summed E-state index contributed by atoms with van der Waals surface area (Å²) in [5.74, 6) is -0.166. The number of aryl methyl sites for hydroxylation is 2. The number of halogens is 1. The molecule has 4 heterocycles. The fourth-order valence-corrected chi connectivity index (χ4v) is 5.54. The molecule has 1 atom stereocenters. The van der Waals surface area contributed by atoms with E-state index in [0.29, 0.717) is 11.1 Å². The summed E-state index contributed by atoms with van der Waals surface area (Å²) in [6.45, 7) is 15.6. The summed E-state index contributed by atoms with van der Waals surface area (Å²) in [7, 11) is 0. The van der Waals surface area contributed by atoms with Crippen LogP contribution < -0.4 is 10.9 Å². The maximum atomic E-state index is 13.3. The molecule has 2 N–H and O–H groups in total. The molecule has 0 aliphatic carbocycles. The minimum Gasteiger partial charge on any atom is -0.348 e. The van der Waals surface area contributed by atoms with E-state index in [0.717, 1.165) is 65.2 Å². The lowest BCUT2D eigenvalue weighted by molar-refractivity contribution is 0.0947. The predicted octanol–water partition coefficient (Wildman–Crippen LogP) is 3.94. The first kappa shape index (κ1) is 24.7. The highest BCUT2D eigenvalue weighted by Crippen LogP contribution is 2.30. The Morgan fingerprint density at radius 3 is 2.50 bits per heavy atom. The van der Waals surface area contributed by atoms with Gasteiger partial charge >= 0.3 is 0 Å². The molecule has 0 aromatic carbocycles. The summed E-state index contributed by atoms with van der Waals surface area (Å²) >= 11 is 3.61. The molecule has 0 saturated carbocycles. The Morgan fingerprint density at radius 1 is 1.15 bits per heavy atom. The van der Waals surface area contributed by atoms with Crippen LogP contribution in [0.15, 0.2) is 33.7 Å². The van der Waals surface area contributed by atoms with Crippen LogP contribution in [0.3, 0.4) is 0 Å². The molecule has 1 saturated heterocycles. The number of carbonyl (C=O) groups is 1. The Kier molecular flexibility index (Phi) is 7.31. The summed E-state index contributed by atoms with van der Waals surface area (Å²) in [6.07, 6.45) is 2.08. The van der Waals surface area contributed by atoms with Crippen LogP contribution in [0.1, 0.15) is 58.3 Å². The number of nitrogens with zero attached hydrogens (tertiary/aromatic N) is 3. The van der Waals surface area contributed by atoms with E-state index in [1.54, 1.807) is 0 Å². The van der Waals surface area contributed by atoms with Gasteiger partial charge in [0.1, 0.15) is 0 Å². The number of hydrogen-bond acceptors (Lipinski definition) is 4. The van der Waals surface area contributed by atoms with E-state index in [1.165, 1.54) is 0 Å². The standard InChI is InChI=1S/C26H34BrN5O2/c1-6-30-7-9-31(10-8-30)19(5)24-18(4)22(13-21-12-20(27)15-32(21)24)25(33)28-14-23-16(2)11-17(3)29-26(23)34/h11-13,15,19H,6-10,14H2,1-5H3,(H,28,33)(H,29,34). The second-order valence-electron chi connectivity index (χ2n) is 9.29. The van der Waals surface area contributed by atoms with Crippen LogP contribution in [0.2, 0.25) is 0 Å². The maximum Gasteiger partial charge on any atom is 0.253 e. The van der Waals surface area contributed by atoms with Crippen LogP contribution in [0.25, 0.3) is 5.52 Å². The molecule has 1 aliphatic heterocycles. The van der Waals surface area contributed by atoms with Crippen LogP contribution in [-0.4, -0.2) is 57.8 Å². The van der Waals surface area contributed by atoms with Gasteiger partial charge < -0.3 is 19.6 Å². The molecule has 8 heteroatoms. The summed E-state index contributed by atoms with van der Waals surface area (Å²) in [5.41, 5.74) is 5.84.